The van der Waals surface area contributed by atoms with Crippen LogP contribution in [-0.4, -0.2) is 10.8 Å². The highest BCUT2D eigenvalue weighted by Crippen LogP contribution is 2.33. The van der Waals surface area contributed by atoms with E-state index in [1.165, 1.54) is 0 Å². The lowest BCUT2D eigenvalue weighted by molar-refractivity contribution is 1.50. The Bertz CT molecular complexity index is 38.2. The Hall–Kier alpha value is 0.580. The molecule has 1 aliphatic carbocycles. The van der Waals surface area contributed by atoms with Crippen LogP contribution in [0.1, 0.15) is 6.42 Å². The van der Waals surface area contributed by atoms with Crippen molar-refractivity contribution in [3.8, 4) is 0 Å². The van der Waals surface area contributed by atoms with Crippen LogP contribution in [0.2, 0.25) is 0 Å². The fraction of sp³-hybridized carbons (Fsp3) is 1.00. The molecule has 0 unspecified atom stereocenters. The van der Waals surface area contributed by atoms with Crippen LogP contribution in [0.15, 0.2) is 0 Å². The monoisotopic (exact) mass is 110 g/mol. The molecule has 1 saturated carbocycles. The fourth-order valence-corrected chi connectivity index (χ4v) is 0.612. The zero-order valence-electron chi connectivity index (χ0n) is 2.62. The highest BCUT2D eigenvalue weighted by Gasteiger charge is 2.32. The molecule has 0 aliphatic heterocycles. The van der Waals surface area contributed by atoms with Gasteiger partial charge in [0.15, 0.2) is 0 Å². The molecule has 0 saturated heterocycles. The van der Waals surface area contributed by atoms with Crippen LogP contribution in [0.4, 0.5) is 0 Å². The third kappa shape index (κ3) is 0.704. The molecule has 0 radical (unpaired) electrons. The van der Waals surface area contributed by atoms with Gasteiger partial charge in [0.2, 0.25) is 0 Å². The van der Waals surface area contributed by atoms with Gasteiger partial charge in [0.25, 0.3) is 0 Å². The fourth-order valence-electron chi connectivity index (χ4n) is 0.137. The van der Waals surface area contributed by atoms with E-state index in [9.17, 15) is 0 Å². The molecular formula is C3H4Cl2. The summed E-state index contributed by atoms with van der Waals surface area (Å²) in [5, 5.41) is 0.577. The molecule has 0 aromatic heterocycles. The molecule has 1 aliphatic rings. The summed E-state index contributed by atoms with van der Waals surface area (Å²) in [5.74, 6) is 0. The second-order valence-corrected chi connectivity index (χ2v) is 2.39. The molecule has 30 valence electrons. The Morgan fingerprint density at radius 1 is 1.20 bits per heavy atom. The lowest BCUT2D eigenvalue weighted by Gasteiger charge is -1.62. The number of hydrogen-bond acceptors (Lipinski definition) is 0. The maximum Gasteiger partial charge on any atom is 0.0514 e. The molecule has 0 bridgehead atoms. The standard InChI is InChI=1S/C3H4Cl2/c4-2-1-3(2)5/h2-3H,1H2/t2-,3+. The molecule has 0 heterocycles. The van der Waals surface area contributed by atoms with Crippen LogP contribution in [0, 0.1) is 0 Å². The second kappa shape index (κ2) is 1.02. The van der Waals surface area contributed by atoms with Crippen molar-refractivity contribution in [3.05, 3.63) is 0 Å². The SMILES string of the molecule is Cl[C@@H]1C[C@@H]1Cl. The molecule has 0 spiro atoms. The van der Waals surface area contributed by atoms with Gasteiger partial charge < -0.3 is 0 Å². The predicted octanol–water partition coefficient (Wildman–Crippen LogP) is 1.60. The van der Waals surface area contributed by atoms with E-state index >= 15 is 0 Å². The minimum Gasteiger partial charge on any atom is -0.121 e. The third-order valence-corrected chi connectivity index (χ3v) is 1.73. The Morgan fingerprint density at radius 3 is 1.40 bits per heavy atom. The van der Waals surface area contributed by atoms with E-state index in [1.54, 1.807) is 0 Å². The van der Waals surface area contributed by atoms with Crippen molar-refractivity contribution in [2.75, 3.05) is 0 Å². The smallest absolute Gasteiger partial charge is 0.0514 e. The first-order chi connectivity index (χ1) is 2.30. The molecule has 1 rings (SSSR count). The minimum atomic E-state index is 0.289. The van der Waals surface area contributed by atoms with Gasteiger partial charge in [-0.2, -0.15) is 0 Å². The molecule has 2 heteroatoms. The van der Waals surface area contributed by atoms with Crippen LogP contribution >= 0.6 is 23.2 Å². The molecule has 0 nitrogen and oxygen atoms in total. The number of alkyl halides is 2. The maximum absolute atomic E-state index is 5.40. The van der Waals surface area contributed by atoms with Crippen molar-refractivity contribution < 1.29 is 0 Å². The second-order valence-electron chi connectivity index (χ2n) is 1.27. The van der Waals surface area contributed by atoms with Gasteiger partial charge in [-0.25, -0.2) is 0 Å². The first kappa shape index (κ1) is 3.76. The number of rotatable bonds is 0. The van der Waals surface area contributed by atoms with Gasteiger partial charge in [0, 0.05) is 0 Å². The zero-order chi connectivity index (χ0) is 3.86. The number of hydrogen-bond donors (Lipinski definition) is 0. The Balaban J connectivity index is 2.20. The predicted molar refractivity (Wildman–Crippen MR) is 23.9 cm³/mol. The molecular weight excluding hydrogens is 107 g/mol. The van der Waals surface area contributed by atoms with Gasteiger partial charge in [0.05, 0.1) is 10.8 Å². The minimum absolute atomic E-state index is 0.289. The Kier molecular flexibility index (Phi) is 0.768. The normalized spacial score (nSPS) is 49.2. The molecule has 0 aromatic carbocycles. The molecule has 0 N–H and O–H groups in total. The summed E-state index contributed by atoms with van der Waals surface area (Å²) >= 11 is 10.8. The van der Waals surface area contributed by atoms with E-state index in [0.717, 1.165) is 6.42 Å². The van der Waals surface area contributed by atoms with Crippen LogP contribution in [0.25, 0.3) is 0 Å². The highest BCUT2D eigenvalue weighted by atomic mass is 35.5. The van der Waals surface area contributed by atoms with Gasteiger partial charge in [-0.3, -0.25) is 0 Å². The van der Waals surface area contributed by atoms with Gasteiger partial charge in [-0.15, -0.1) is 23.2 Å². The van der Waals surface area contributed by atoms with Crippen LogP contribution in [0.3, 0.4) is 0 Å². The van der Waals surface area contributed by atoms with Gasteiger partial charge in [-0.1, -0.05) is 0 Å². The van der Waals surface area contributed by atoms with Crippen LogP contribution in [-0.2, 0) is 0 Å². The van der Waals surface area contributed by atoms with E-state index in [-0.39, 0.29) is 10.8 Å². The van der Waals surface area contributed by atoms with E-state index < -0.39 is 0 Å². The van der Waals surface area contributed by atoms with Crippen molar-refractivity contribution in [2.24, 2.45) is 0 Å². The first-order valence-electron chi connectivity index (χ1n) is 1.59. The van der Waals surface area contributed by atoms with Gasteiger partial charge >= 0.3 is 0 Å². The summed E-state index contributed by atoms with van der Waals surface area (Å²) in [6.45, 7) is 0. The first-order valence-corrected chi connectivity index (χ1v) is 2.46. The Labute approximate surface area is 41.1 Å². The average Bonchev–Trinajstić information content (AvgIpc) is 1.79. The summed E-state index contributed by atoms with van der Waals surface area (Å²) in [6.07, 6.45) is 1.00. The molecule has 1 fully saturated rings. The summed E-state index contributed by atoms with van der Waals surface area (Å²) < 4.78 is 0. The van der Waals surface area contributed by atoms with Crippen molar-refractivity contribution in [1.29, 1.82) is 0 Å². The summed E-state index contributed by atoms with van der Waals surface area (Å²) in [4.78, 5) is 0. The number of halogens is 2. The van der Waals surface area contributed by atoms with Crippen molar-refractivity contribution in [3.63, 3.8) is 0 Å². The lowest BCUT2D eigenvalue weighted by atomic mass is 11.0. The molecule has 5 heavy (non-hydrogen) atoms. The largest absolute Gasteiger partial charge is 0.121 e. The highest BCUT2D eigenvalue weighted by molar-refractivity contribution is 6.34. The zero-order valence-corrected chi connectivity index (χ0v) is 4.13. The van der Waals surface area contributed by atoms with E-state index in [1.807, 2.05) is 0 Å². The van der Waals surface area contributed by atoms with Crippen LogP contribution < -0.4 is 0 Å². The van der Waals surface area contributed by atoms with Gasteiger partial charge in [-0.05, 0) is 6.42 Å². The molecule has 2 atom stereocenters. The van der Waals surface area contributed by atoms with E-state index in [2.05, 4.69) is 0 Å². The van der Waals surface area contributed by atoms with E-state index in [4.69, 9.17) is 23.2 Å². The van der Waals surface area contributed by atoms with Crippen LogP contribution in [0.5, 0.6) is 0 Å². The third-order valence-electron chi connectivity index (χ3n) is 0.640. The van der Waals surface area contributed by atoms with Crippen molar-refractivity contribution >= 4 is 23.2 Å². The quantitative estimate of drug-likeness (QED) is 0.416. The van der Waals surface area contributed by atoms with Crippen molar-refractivity contribution in [1.82, 2.24) is 0 Å². The molecule has 0 aromatic rings. The van der Waals surface area contributed by atoms with Crippen molar-refractivity contribution in [2.45, 2.75) is 17.2 Å². The summed E-state index contributed by atoms with van der Waals surface area (Å²) in [5.41, 5.74) is 0. The Morgan fingerprint density at radius 2 is 1.40 bits per heavy atom. The summed E-state index contributed by atoms with van der Waals surface area (Å²) in [7, 11) is 0. The molecule has 0 amide bonds. The lowest BCUT2D eigenvalue weighted by Crippen LogP contribution is -1.63. The van der Waals surface area contributed by atoms with Gasteiger partial charge in [0.1, 0.15) is 0 Å². The van der Waals surface area contributed by atoms with E-state index in [0.29, 0.717) is 0 Å². The topological polar surface area (TPSA) is 0 Å². The average molecular weight is 111 g/mol. The summed E-state index contributed by atoms with van der Waals surface area (Å²) in [6, 6.07) is 0. The maximum atomic E-state index is 5.40.